The normalized spacial score (nSPS) is 12.0. The molecule has 0 radical (unpaired) electrons. The van der Waals surface area contributed by atoms with Crippen LogP contribution in [0, 0.1) is 5.82 Å². The summed E-state index contributed by atoms with van der Waals surface area (Å²) in [4.78, 5) is 19.5. The molecule has 0 saturated heterocycles. The van der Waals surface area contributed by atoms with Crippen molar-refractivity contribution in [2.24, 2.45) is 11.5 Å². The number of primary amides is 1. The number of amides is 1. The highest BCUT2D eigenvalue weighted by atomic mass is 19.4. The molecule has 1 aromatic rings. The van der Waals surface area contributed by atoms with Gasteiger partial charge in [0, 0.05) is 0 Å². The van der Waals surface area contributed by atoms with Gasteiger partial charge in [-0.05, 0) is 24.5 Å². The van der Waals surface area contributed by atoms with Gasteiger partial charge in [-0.15, -0.1) is 0 Å². The second-order valence-electron chi connectivity index (χ2n) is 3.94. The number of carbonyl (C=O) groups excluding carboxylic acids is 1. The number of alkyl halides is 3. The smallest absolute Gasteiger partial charge is 0.475 e. The Morgan fingerprint density at radius 2 is 1.71 bits per heavy atom. The van der Waals surface area contributed by atoms with E-state index in [1.54, 1.807) is 18.2 Å². The molecule has 9 heteroatoms. The Hall–Kier alpha value is -2.16. The Morgan fingerprint density at radius 1 is 1.24 bits per heavy atom. The first-order valence-corrected chi connectivity index (χ1v) is 5.64. The van der Waals surface area contributed by atoms with Gasteiger partial charge in [0.2, 0.25) is 5.91 Å². The van der Waals surface area contributed by atoms with Crippen molar-refractivity contribution >= 4 is 11.9 Å². The van der Waals surface area contributed by atoms with Gasteiger partial charge in [-0.1, -0.05) is 18.2 Å². The Balaban J connectivity index is 0.000000486. The highest BCUT2D eigenvalue weighted by Crippen LogP contribution is 2.13. The van der Waals surface area contributed by atoms with E-state index >= 15 is 0 Å². The van der Waals surface area contributed by atoms with E-state index in [-0.39, 0.29) is 5.82 Å². The summed E-state index contributed by atoms with van der Waals surface area (Å²) in [6.45, 7) is 0. The van der Waals surface area contributed by atoms with E-state index in [2.05, 4.69) is 0 Å². The summed E-state index contributed by atoms with van der Waals surface area (Å²) < 4.78 is 44.8. The lowest BCUT2D eigenvalue weighted by Crippen LogP contribution is -2.36. The van der Waals surface area contributed by atoms with Crippen LogP contribution in [0.4, 0.5) is 17.6 Å². The van der Waals surface area contributed by atoms with E-state index in [1.165, 1.54) is 6.07 Å². The third-order valence-corrected chi connectivity index (χ3v) is 2.29. The summed E-state index contributed by atoms with van der Waals surface area (Å²) in [7, 11) is 0. The lowest BCUT2D eigenvalue weighted by molar-refractivity contribution is -0.192. The zero-order chi connectivity index (χ0) is 16.6. The van der Waals surface area contributed by atoms with Crippen LogP contribution in [-0.2, 0) is 16.0 Å². The van der Waals surface area contributed by atoms with Crippen molar-refractivity contribution in [3.8, 4) is 0 Å². The molecule has 0 aliphatic rings. The van der Waals surface area contributed by atoms with Gasteiger partial charge >= 0.3 is 12.1 Å². The van der Waals surface area contributed by atoms with Crippen LogP contribution in [0.1, 0.15) is 12.0 Å². The van der Waals surface area contributed by atoms with Crippen LogP contribution >= 0.6 is 0 Å². The van der Waals surface area contributed by atoms with Crippen molar-refractivity contribution in [1.82, 2.24) is 0 Å². The van der Waals surface area contributed by atoms with Crippen LogP contribution in [0.15, 0.2) is 24.3 Å². The number of hydrogen-bond donors (Lipinski definition) is 3. The summed E-state index contributed by atoms with van der Waals surface area (Å²) in [5.74, 6) is -3.59. The minimum atomic E-state index is -5.08. The largest absolute Gasteiger partial charge is 0.490 e. The Kier molecular flexibility index (Phi) is 7.36. The number of benzene rings is 1. The second kappa shape index (κ2) is 8.20. The van der Waals surface area contributed by atoms with Gasteiger partial charge in [0.05, 0.1) is 6.04 Å². The standard InChI is InChI=1S/C10H13FN2O.C2HF3O2/c11-8-4-2-1-3-7(8)5-6-9(12)10(13)14;3-2(4,5)1(6)7/h1-4,9H,5-6,12H2,(H2,13,14);(H,6,7). The highest BCUT2D eigenvalue weighted by molar-refractivity contribution is 5.79. The van der Waals surface area contributed by atoms with Crippen molar-refractivity contribution in [2.45, 2.75) is 25.1 Å². The van der Waals surface area contributed by atoms with E-state index < -0.39 is 24.1 Å². The number of aliphatic carboxylic acids is 1. The molecule has 1 atom stereocenters. The summed E-state index contributed by atoms with van der Waals surface area (Å²) in [6.07, 6.45) is -4.28. The van der Waals surface area contributed by atoms with E-state index in [9.17, 15) is 22.4 Å². The molecule has 0 aliphatic carbocycles. The maximum atomic E-state index is 13.1. The van der Waals surface area contributed by atoms with E-state index in [0.29, 0.717) is 18.4 Å². The van der Waals surface area contributed by atoms with Crippen LogP contribution in [0.25, 0.3) is 0 Å². The van der Waals surface area contributed by atoms with E-state index in [0.717, 1.165) is 0 Å². The quantitative estimate of drug-likeness (QED) is 0.726. The Morgan fingerprint density at radius 3 is 2.10 bits per heavy atom. The number of hydrogen-bond acceptors (Lipinski definition) is 3. The van der Waals surface area contributed by atoms with Crippen LogP contribution in [0.2, 0.25) is 0 Å². The first kappa shape index (κ1) is 18.8. The van der Waals surface area contributed by atoms with Gasteiger partial charge in [-0.25, -0.2) is 9.18 Å². The fourth-order valence-electron chi connectivity index (χ4n) is 1.15. The fourth-order valence-corrected chi connectivity index (χ4v) is 1.15. The monoisotopic (exact) mass is 310 g/mol. The molecule has 5 N–H and O–H groups in total. The molecule has 0 aromatic heterocycles. The van der Waals surface area contributed by atoms with E-state index in [1.807, 2.05) is 0 Å². The second-order valence-corrected chi connectivity index (χ2v) is 3.94. The third kappa shape index (κ3) is 7.88. The maximum Gasteiger partial charge on any atom is 0.490 e. The van der Waals surface area contributed by atoms with Gasteiger partial charge in [0.1, 0.15) is 5.82 Å². The highest BCUT2D eigenvalue weighted by Gasteiger charge is 2.38. The lowest BCUT2D eigenvalue weighted by Gasteiger charge is -2.07. The molecule has 0 saturated carbocycles. The molecule has 0 spiro atoms. The average Bonchev–Trinajstić information content (AvgIpc) is 2.36. The summed E-state index contributed by atoms with van der Waals surface area (Å²) in [6, 6.07) is 5.71. The SMILES string of the molecule is NC(=O)C(N)CCc1ccccc1F.O=C(O)C(F)(F)F. The van der Waals surface area contributed by atoms with Gasteiger partial charge in [-0.2, -0.15) is 13.2 Å². The topological polar surface area (TPSA) is 106 Å². The predicted molar refractivity (Wildman–Crippen MR) is 65.6 cm³/mol. The fraction of sp³-hybridized carbons (Fsp3) is 0.333. The van der Waals surface area contributed by atoms with Crippen molar-refractivity contribution in [3.63, 3.8) is 0 Å². The molecule has 0 fully saturated rings. The Labute approximate surface area is 117 Å². The van der Waals surface area contributed by atoms with Gasteiger partial charge < -0.3 is 16.6 Å². The number of carboxylic acid groups (broad SMARTS) is 1. The van der Waals surface area contributed by atoms with Crippen LogP contribution in [0.5, 0.6) is 0 Å². The van der Waals surface area contributed by atoms with Crippen LogP contribution in [0.3, 0.4) is 0 Å². The van der Waals surface area contributed by atoms with E-state index in [4.69, 9.17) is 21.4 Å². The number of aryl methyl sites for hydroxylation is 1. The zero-order valence-electron chi connectivity index (χ0n) is 10.7. The van der Waals surface area contributed by atoms with Crippen molar-refractivity contribution in [3.05, 3.63) is 35.6 Å². The van der Waals surface area contributed by atoms with Gasteiger partial charge in [0.15, 0.2) is 0 Å². The molecule has 0 heterocycles. The number of halogens is 4. The maximum absolute atomic E-state index is 13.1. The Bertz CT molecular complexity index is 492. The minimum absolute atomic E-state index is 0.274. The molecule has 0 aliphatic heterocycles. The average molecular weight is 310 g/mol. The molecule has 5 nitrogen and oxygen atoms in total. The molecule has 21 heavy (non-hydrogen) atoms. The molecular weight excluding hydrogens is 296 g/mol. The number of rotatable bonds is 4. The number of carboxylic acids is 1. The minimum Gasteiger partial charge on any atom is -0.475 e. The summed E-state index contributed by atoms with van der Waals surface area (Å²) in [5.41, 5.74) is 11.0. The third-order valence-electron chi connectivity index (χ3n) is 2.29. The zero-order valence-corrected chi connectivity index (χ0v) is 10.7. The molecule has 0 bridgehead atoms. The summed E-state index contributed by atoms with van der Waals surface area (Å²) >= 11 is 0. The van der Waals surface area contributed by atoms with Crippen molar-refractivity contribution in [1.29, 1.82) is 0 Å². The molecule has 1 amide bonds. The first-order chi connectivity index (χ1) is 9.55. The van der Waals surface area contributed by atoms with Crippen molar-refractivity contribution in [2.75, 3.05) is 0 Å². The van der Waals surface area contributed by atoms with Gasteiger partial charge in [-0.3, -0.25) is 4.79 Å². The molecule has 1 aromatic carbocycles. The molecule has 118 valence electrons. The summed E-state index contributed by atoms with van der Waals surface area (Å²) in [5, 5.41) is 7.12. The van der Waals surface area contributed by atoms with Gasteiger partial charge in [0.25, 0.3) is 0 Å². The van der Waals surface area contributed by atoms with Crippen molar-refractivity contribution < 1.29 is 32.3 Å². The number of carbonyl (C=O) groups is 2. The van der Waals surface area contributed by atoms with Crippen LogP contribution < -0.4 is 11.5 Å². The first-order valence-electron chi connectivity index (χ1n) is 5.64. The number of nitrogens with two attached hydrogens (primary N) is 2. The van der Waals surface area contributed by atoms with Crippen LogP contribution in [-0.4, -0.2) is 29.2 Å². The molecule has 1 unspecified atom stereocenters. The predicted octanol–water partition coefficient (Wildman–Crippen LogP) is 1.20. The molecular formula is C12H14F4N2O3. The molecule has 1 rings (SSSR count). The lowest BCUT2D eigenvalue weighted by atomic mass is 10.1.